The van der Waals surface area contributed by atoms with Crippen LogP contribution in [0.25, 0.3) is 0 Å². The molecule has 0 bridgehead atoms. The summed E-state index contributed by atoms with van der Waals surface area (Å²) in [5, 5.41) is 10.2. The number of rotatable bonds is 5. The van der Waals surface area contributed by atoms with E-state index in [9.17, 15) is 5.11 Å². The van der Waals surface area contributed by atoms with Crippen LogP contribution in [0.2, 0.25) is 0 Å². The summed E-state index contributed by atoms with van der Waals surface area (Å²) >= 11 is 4.64. The van der Waals surface area contributed by atoms with Crippen LogP contribution in [-0.4, -0.2) is 22.5 Å². The molecule has 1 fully saturated rings. The molecule has 3 unspecified atom stereocenters. The number of hydrogen-bond acceptors (Lipinski definition) is 3. The van der Waals surface area contributed by atoms with E-state index in [1.54, 1.807) is 0 Å². The SMILES string of the molecule is CC(C)CC(O)C(N)C(S)C1CCCCC1. The predicted molar refractivity (Wildman–Crippen MR) is 72.8 cm³/mol. The van der Waals surface area contributed by atoms with Gasteiger partial charge in [-0.25, -0.2) is 0 Å². The van der Waals surface area contributed by atoms with Crippen molar-refractivity contribution in [3.05, 3.63) is 0 Å². The number of thiol groups is 1. The molecule has 0 aromatic heterocycles. The summed E-state index contributed by atoms with van der Waals surface area (Å²) in [6.45, 7) is 4.23. The highest BCUT2D eigenvalue weighted by atomic mass is 32.1. The van der Waals surface area contributed by atoms with Gasteiger partial charge in [-0.05, 0) is 31.1 Å². The third-order valence-corrected chi connectivity index (χ3v) is 4.45. The van der Waals surface area contributed by atoms with Gasteiger partial charge in [0.2, 0.25) is 0 Å². The molecule has 0 aliphatic heterocycles. The second-order valence-electron chi connectivity index (χ2n) is 5.66. The second-order valence-corrected chi connectivity index (χ2v) is 6.26. The van der Waals surface area contributed by atoms with Gasteiger partial charge < -0.3 is 10.8 Å². The van der Waals surface area contributed by atoms with Crippen molar-refractivity contribution in [3.63, 3.8) is 0 Å². The molecule has 1 aliphatic rings. The molecule has 3 N–H and O–H groups in total. The maximum absolute atomic E-state index is 10.0. The Morgan fingerprint density at radius 1 is 1.25 bits per heavy atom. The van der Waals surface area contributed by atoms with Crippen LogP contribution in [0.4, 0.5) is 0 Å². The summed E-state index contributed by atoms with van der Waals surface area (Å²) in [6, 6.07) is -0.172. The molecule has 1 aliphatic carbocycles. The topological polar surface area (TPSA) is 46.2 Å². The molecule has 2 nitrogen and oxygen atoms in total. The van der Waals surface area contributed by atoms with Gasteiger partial charge in [0.05, 0.1) is 6.10 Å². The fourth-order valence-corrected chi connectivity index (χ4v) is 3.15. The highest BCUT2D eigenvalue weighted by Gasteiger charge is 2.29. The molecule has 0 aromatic rings. The van der Waals surface area contributed by atoms with Gasteiger partial charge >= 0.3 is 0 Å². The van der Waals surface area contributed by atoms with E-state index in [2.05, 4.69) is 26.5 Å². The Kier molecular flexibility index (Phi) is 6.16. The fourth-order valence-electron chi connectivity index (χ4n) is 2.66. The van der Waals surface area contributed by atoms with E-state index in [1.807, 2.05) is 0 Å². The maximum atomic E-state index is 10.0. The van der Waals surface area contributed by atoms with Crippen molar-refractivity contribution in [2.75, 3.05) is 0 Å². The average molecular weight is 245 g/mol. The van der Waals surface area contributed by atoms with E-state index >= 15 is 0 Å². The first-order valence-electron chi connectivity index (χ1n) is 6.64. The summed E-state index contributed by atoms with van der Waals surface area (Å²) in [5.41, 5.74) is 6.11. The molecule has 0 spiro atoms. The Hall–Kier alpha value is 0.270. The minimum absolute atomic E-state index is 0.161. The summed E-state index contributed by atoms with van der Waals surface area (Å²) in [6.07, 6.45) is 6.80. The van der Waals surface area contributed by atoms with E-state index in [1.165, 1.54) is 32.1 Å². The quantitative estimate of drug-likeness (QED) is 0.652. The Bertz CT molecular complexity index is 192. The predicted octanol–water partition coefficient (Wildman–Crippen LogP) is 2.60. The smallest absolute Gasteiger partial charge is 0.0704 e. The van der Waals surface area contributed by atoms with Gasteiger partial charge in [0.15, 0.2) is 0 Å². The van der Waals surface area contributed by atoms with Crippen LogP contribution in [0.3, 0.4) is 0 Å². The van der Waals surface area contributed by atoms with Gasteiger partial charge in [-0.1, -0.05) is 33.1 Å². The standard InChI is InChI=1S/C13H27NOS/c1-9(2)8-11(15)12(14)13(16)10-6-4-3-5-7-10/h9-13,15-16H,3-8,14H2,1-2H3. The third-order valence-electron chi connectivity index (χ3n) is 3.68. The van der Waals surface area contributed by atoms with Crippen molar-refractivity contribution in [2.45, 2.75) is 69.8 Å². The molecular formula is C13H27NOS. The first-order valence-corrected chi connectivity index (χ1v) is 7.15. The van der Waals surface area contributed by atoms with Gasteiger partial charge in [0.1, 0.15) is 0 Å². The number of aliphatic hydroxyl groups is 1. The summed E-state index contributed by atoms with van der Waals surface area (Å²) < 4.78 is 0. The highest BCUT2D eigenvalue weighted by Crippen LogP contribution is 2.31. The fraction of sp³-hybridized carbons (Fsp3) is 1.00. The van der Waals surface area contributed by atoms with Crippen molar-refractivity contribution >= 4 is 12.6 Å². The van der Waals surface area contributed by atoms with E-state index in [-0.39, 0.29) is 11.3 Å². The molecule has 1 rings (SSSR count). The van der Waals surface area contributed by atoms with Crippen LogP contribution in [0.5, 0.6) is 0 Å². The summed E-state index contributed by atoms with van der Waals surface area (Å²) in [4.78, 5) is 0. The zero-order chi connectivity index (χ0) is 12.1. The van der Waals surface area contributed by atoms with Crippen LogP contribution >= 0.6 is 12.6 Å². The van der Waals surface area contributed by atoms with Crippen molar-refractivity contribution in [1.29, 1.82) is 0 Å². The molecule has 0 saturated heterocycles. The molecule has 0 radical (unpaired) electrons. The van der Waals surface area contributed by atoms with Crippen LogP contribution in [0.15, 0.2) is 0 Å². The van der Waals surface area contributed by atoms with Crippen molar-refractivity contribution in [2.24, 2.45) is 17.6 Å². The van der Waals surface area contributed by atoms with Crippen molar-refractivity contribution in [1.82, 2.24) is 0 Å². The Morgan fingerprint density at radius 3 is 2.31 bits per heavy atom. The first kappa shape index (κ1) is 14.3. The molecule has 1 saturated carbocycles. The number of nitrogens with two attached hydrogens (primary N) is 1. The van der Waals surface area contributed by atoms with Gasteiger partial charge in [0.25, 0.3) is 0 Å². The molecule has 3 heteroatoms. The normalized spacial score (nSPS) is 24.4. The first-order chi connectivity index (χ1) is 7.52. The zero-order valence-electron chi connectivity index (χ0n) is 10.6. The molecule has 96 valence electrons. The average Bonchev–Trinajstić information content (AvgIpc) is 2.27. The van der Waals surface area contributed by atoms with Crippen LogP contribution in [0.1, 0.15) is 52.4 Å². The lowest BCUT2D eigenvalue weighted by atomic mass is 9.82. The lowest BCUT2D eigenvalue weighted by Gasteiger charge is -2.33. The lowest BCUT2D eigenvalue weighted by Crippen LogP contribution is -2.46. The molecule has 0 aromatic carbocycles. The molecule has 0 amide bonds. The third kappa shape index (κ3) is 4.27. The largest absolute Gasteiger partial charge is 0.391 e. The minimum Gasteiger partial charge on any atom is -0.391 e. The molecular weight excluding hydrogens is 218 g/mol. The Morgan fingerprint density at radius 2 is 1.81 bits per heavy atom. The van der Waals surface area contributed by atoms with Crippen molar-refractivity contribution in [3.8, 4) is 0 Å². The summed E-state index contributed by atoms with van der Waals surface area (Å²) in [7, 11) is 0. The van der Waals surface area contributed by atoms with Crippen LogP contribution < -0.4 is 5.73 Å². The monoisotopic (exact) mass is 245 g/mol. The van der Waals surface area contributed by atoms with Crippen molar-refractivity contribution < 1.29 is 5.11 Å². The van der Waals surface area contributed by atoms with Gasteiger partial charge in [-0.15, -0.1) is 0 Å². The van der Waals surface area contributed by atoms with Gasteiger partial charge in [-0.2, -0.15) is 12.6 Å². The second kappa shape index (κ2) is 6.87. The van der Waals surface area contributed by atoms with E-state index in [0.717, 1.165) is 6.42 Å². The van der Waals surface area contributed by atoms with Gasteiger partial charge in [-0.3, -0.25) is 0 Å². The van der Waals surface area contributed by atoms with E-state index in [4.69, 9.17) is 5.73 Å². The van der Waals surface area contributed by atoms with Crippen LogP contribution in [-0.2, 0) is 0 Å². The Balaban J connectivity index is 2.41. The number of aliphatic hydroxyl groups excluding tert-OH is 1. The van der Waals surface area contributed by atoms with E-state index in [0.29, 0.717) is 11.8 Å². The van der Waals surface area contributed by atoms with Crippen LogP contribution in [0, 0.1) is 11.8 Å². The molecule has 3 atom stereocenters. The molecule has 16 heavy (non-hydrogen) atoms. The van der Waals surface area contributed by atoms with E-state index < -0.39 is 6.10 Å². The highest BCUT2D eigenvalue weighted by molar-refractivity contribution is 7.81. The maximum Gasteiger partial charge on any atom is 0.0704 e. The lowest BCUT2D eigenvalue weighted by molar-refractivity contribution is 0.109. The molecule has 0 heterocycles. The van der Waals surface area contributed by atoms with Gasteiger partial charge in [0, 0.05) is 11.3 Å². The summed E-state index contributed by atoms with van der Waals surface area (Å²) in [5.74, 6) is 1.10. The zero-order valence-corrected chi connectivity index (χ0v) is 11.5. The Labute approximate surface area is 105 Å². The number of hydrogen-bond donors (Lipinski definition) is 3. The minimum atomic E-state index is -0.399.